The standard InChI is InChI=1S/C24H32N4O2/c1-17(2)14-20(19-10-6-7-11-19)27-23(29)21(15-18-8-4-3-5-9-18)28-24(30)22-16-25-12-13-26-22/h3-5,8-9,12-13,16-17,19-21H,6-7,10-11,14-15H2,1-2H3,(H,27,29)(H,28,30)/t20-,21-/m0/s1. The number of rotatable bonds is 9. The SMILES string of the molecule is CC(C)C[C@H](NC(=O)[C@H](Cc1ccccc1)NC(=O)c1cnccn1)C1CCCC1. The quantitative estimate of drug-likeness (QED) is 0.665. The monoisotopic (exact) mass is 408 g/mol. The first-order valence-electron chi connectivity index (χ1n) is 10.9. The Morgan fingerprint density at radius 1 is 1.07 bits per heavy atom. The molecule has 0 radical (unpaired) electrons. The summed E-state index contributed by atoms with van der Waals surface area (Å²) in [5, 5.41) is 6.16. The van der Waals surface area contributed by atoms with Crippen LogP contribution in [0.15, 0.2) is 48.9 Å². The third-order valence-electron chi connectivity index (χ3n) is 5.72. The highest BCUT2D eigenvalue weighted by Gasteiger charge is 2.30. The van der Waals surface area contributed by atoms with Crippen LogP contribution in [0.3, 0.4) is 0 Å². The van der Waals surface area contributed by atoms with Crippen molar-refractivity contribution in [1.29, 1.82) is 0 Å². The summed E-state index contributed by atoms with van der Waals surface area (Å²) in [6, 6.07) is 9.23. The van der Waals surface area contributed by atoms with Gasteiger partial charge in [0, 0.05) is 24.9 Å². The molecule has 0 saturated heterocycles. The van der Waals surface area contributed by atoms with Gasteiger partial charge in [0.25, 0.3) is 5.91 Å². The Bertz CT molecular complexity index is 804. The van der Waals surface area contributed by atoms with Gasteiger partial charge in [-0.25, -0.2) is 4.98 Å². The summed E-state index contributed by atoms with van der Waals surface area (Å²) in [6.45, 7) is 4.37. The van der Waals surface area contributed by atoms with E-state index in [0.717, 1.165) is 24.8 Å². The predicted octanol–water partition coefficient (Wildman–Crippen LogP) is 3.54. The number of aromatic nitrogens is 2. The van der Waals surface area contributed by atoms with Crippen LogP contribution in [-0.2, 0) is 11.2 Å². The minimum Gasteiger partial charge on any atom is -0.351 e. The summed E-state index contributed by atoms with van der Waals surface area (Å²) in [5.41, 5.74) is 1.20. The molecular formula is C24H32N4O2. The molecule has 160 valence electrons. The Kier molecular flexibility index (Phi) is 7.94. The predicted molar refractivity (Wildman–Crippen MR) is 117 cm³/mol. The summed E-state index contributed by atoms with van der Waals surface area (Å²) in [4.78, 5) is 34.0. The summed E-state index contributed by atoms with van der Waals surface area (Å²) in [7, 11) is 0. The van der Waals surface area contributed by atoms with E-state index >= 15 is 0 Å². The largest absolute Gasteiger partial charge is 0.351 e. The van der Waals surface area contributed by atoms with Crippen LogP contribution in [0, 0.1) is 11.8 Å². The molecule has 0 bridgehead atoms. The third-order valence-corrected chi connectivity index (χ3v) is 5.72. The highest BCUT2D eigenvalue weighted by Crippen LogP contribution is 2.30. The Morgan fingerprint density at radius 2 is 1.80 bits per heavy atom. The van der Waals surface area contributed by atoms with Crippen molar-refractivity contribution in [3.63, 3.8) is 0 Å². The molecule has 2 aromatic rings. The molecule has 6 nitrogen and oxygen atoms in total. The molecule has 1 aromatic carbocycles. The second-order valence-corrected chi connectivity index (χ2v) is 8.60. The molecule has 1 heterocycles. The van der Waals surface area contributed by atoms with E-state index < -0.39 is 6.04 Å². The number of benzene rings is 1. The van der Waals surface area contributed by atoms with Crippen LogP contribution >= 0.6 is 0 Å². The van der Waals surface area contributed by atoms with Gasteiger partial charge in [-0.3, -0.25) is 14.6 Å². The fourth-order valence-corrected chi connectivity index (χ4v) is 4.23. The van der Waals surface area contributed by atoms with Crippen molar-refractivity contribution in [2.24, 2.45) is 11.8 Å². The van der Waals surface area contributed by atoms with E-state index in [1.807, 2.05) is 30.3 Å². The minimum atomic E-state index is -0.669. The van der Waals surface area contributed by atoms with Crippen molar-refractivity contribution in [1.82, 2.24) is 20.6 Å². The van der Waals surface area contributed by atoms with E-state index in [1.165, 1.54) is 31.4 Å². The smallest absolute Gasteiger partial charge is 0.272 e. The van der Waals surface area contributed by atoms with Crippen molar-refractivity contribution >= 4 is 11.8 Å². The first-order chi connectivity index (χ1) is 14.5. The van der Waals surface area contributed by atoms with Crippen molar-refractivity contribution < 1.29 is 9.59 Å². The summed E-state index contributed by atoms with van der Waals surface area (Å²) < 4.78 is 0. The molecule has 1 saturated carbocycles. The topological polar surface area (TPSA) is 84.0 Å². The lowest BCUT2D eigenvalue weighted by molar-refractivity contribution is -0.124. The Labute approximate surface area is 178 Å². The van der Waals surface area contributed by atoms with E-state index in [0.29, 0.717) is 18.3 Å². The zero-order valence-corrected chi connectivity index (χ0v) is 17.9. The fraction of sp³-hybridized carbons (Fsp3) is 0.500. The van der Waals surface area contributed by atoms with E-state index in [4.69, 9.17) is 0 Å². The minimum absolute atomic E-state index is 0.131. The number of nitrogens with one attached hydrogen (secondary N) is 2. The molecule has 2 amide bonds. The van der Waals surface area contributed by atoms with Crippen LogP contribution in [0.4, 0.5) is 0 Å². The van der Waals surface area contributed by atoms with E-state index in [-0.39, 0.29) is 23.6 Å². The molecular weight excluding hydrogens is 376 g/mol. The lowest BCUT2D eigenvalue weighted by Gasteiger charge is -2.29. The van der Waals surface area contributed by atoms with Gasteiger partial charge in [0.15, 0.2) is 0 Å². The Balaban J connectivity index is 1.75. The van der Waals surface area contributed by atoms with Crippen LogP contribution in [0.1, 0.15) is 62.0 Å². The van der Waals surface area contributed by atoms with Crippen molar-refractivity contribution in [2.75, 3.05) is 0 Å². The Morgan fingerprint density at radius 3 is 2.43 bits per heavy atom. The number of nitrogens with zero attached hydrogens (tertiary/aromatic N) is 2. The second kappa shape index (κ2) is 10.9. The fourth-order valence-electron chi connectivity index (χ4n) is 4.23. The van der Waals surface area contributed by atoms with Gasteiger partial charge >= 0.3 is 0 Å². The number of hydrogen-bond donors (Lipinski definition) is 2. The lowest BCUT2D eigenvalue weighted by atomic mass is 9.90. The van der Waals surface area contributed by atoms with E-state index in [1.54, 1.807) is 0 Å². The molecule has 0 spiro atoms. The lowest BCUT2D eigenvalue weighted by Crippen LogP contribution is -2.52. The molecule has 1 fully saturated rings. The maximum absolute atomic E-state index is 13.3. The molecule has 1 aromatic heterocycles. The van der Waals surface area contributed by atoms with Crippen LogP contribution < -0.4 is 10.6 Å². The summed E-state index contributed by atoms with van der Waals surface area (Å²) in [6.07, 6.45) is 10.6. The summed E-state index contributed by atoms with van der Waals surface area (Å²) >= 11 is 0. The molecule has 1 aliphatic rings. The Hall–Kier alpha value is -2.76. The average molecular weight is 409 g/mol. The summed E-state index contributed by atoms with van der Waals surface area (Å²) in [5.74, 6) is 0.496. The van der Waals surface area contributed by atoms with Crippen molar-refractivity contribution in [3.05, 3.63) is 60.2 Å². The van der Waals surface area contributed by atoms with Gasteiger partial charge in [-0.2, -0.15) is 0 Å². The molecule has 0 unspecified atom stereocenters. The van der Waals surface area contributed by atoms with Crippen LogP contribution in [0.25, 0.3) is 0 Å². The molecule has 0 aliphatic heterocycles. The highest BCUT2D eigenvalue weighted by atomic mass is 16.2. The second-order valence-electron chi connectivity index (χ2n) is 8.60. The van der Waals surface area contributed by atoms with Crippen LogP contribution in [-0.4, -0.2) is 33.9 Å². The van der Waals surface area contributed by atoms with Crippen molar-refractivity contribution in [3.8, 4) is 0 Å². The van der Waals surface area contributed by atoms with Gasteiger partial charge in [0.05, 0.1) is 6.20 Å². The average Bonchev–Trinajstić information content (AvgIpc) is 3.28. The molecule has 2 N–H and O–H groups in total. The highest BCUT2D eigenvalue weighted by molar-refractivity contribution is 5.96. The number of carbonyl (C=O) groups excluding carboxylic acids is 2. The zero-order chi connectivity index (χ0) is 21.3. The first-order valence-corrected chi connectivity index (χ1v) is 10.9. The maximum Gasteiger partial charge on any atom is 0.272 e. The number of carbonyl (C=O) groups is 2. The zero-order valence-electron chi connectivity index (χ0n) is 17.9. The molecule has 3 rings (SSSR count). The molecule has 6 heteroatoms. The van der Waals surface area contributed by atoms with Crippen LogP contribution in [0.5, 0.6) is 0 Å². The molecule has 2 atom stereocenters. The van der Waals surface area contributed by atoms with Gasteiger partial charge in [-0.05, 0) is 36.7 Å². The van der Waals surface area contributed by atoms with E-state index in [9.17, 15) is 9.59 Å². The van der Waals surface area contributed by atoms with Gasteiger partial charge in [0.1, 0.15) is 11.7 Å². The van der Waals surface area contributed by atoms with Gasteiger partial charge in [-0.15, -0.1) is 0 Å². The van der Waals surface area contributed by atoms with Gasteiger partial charge < -0.3 is 10.6 Å². The van der Waals surface area contributed by atoms with Crippen LogP contribution in [0.2, 0.25) is 0 Å². The third kappa shape index (κ3) is 6.37. The van der Waals surface area contributed by atoms with Gasteiger partial charge in [0.2, 0.25) is 5.91 Å². The van der Waals surface area contributed by atoms with E-state index in [2.05, 4.69) is 34.4 Å². The molecule has 1 aliphatic carbocycles. The first kappa shape index (κ1) is 21.9. The normalized spacial score (nSPS) is 16.2. The molecule has 30 heavy (non-hydrogen) atoms. The maximum atomic E-state index is 13.3. The van der Waals surface area contributed by atoms with Gasteiger partial charge in [-0.1, -0.05) is 57.0 Å². The number of hydrogen-bond acceptors (Lipinski definition) is 4. The number of amides is 2. The van der Waals surface area contributed by atoms with Crippen molar-refractivity contribution in [2.45, 2.75) is 64.5 Å².